The van der Waals surface area contributed by atoms with Gasteiger partial charge in [-0.3, -0.25) is 9.59 Å². The summed E-state index contributed by atoms with van der Waals surface area (Å²) in [5.41, 5.74) is 2.12. The Balaban J connectivity index is 1.73. The van der Waals surface area contributed by atoms with E-state index in [-0.39, 0.29) is 29.3 Å². The number of hydrogen-bond acceptors (Lipinski definition) is 3. The van der Waals surface area contributed by atoms with Crippen molar-refractivity contribution in [1.29, 1.82) is 0 Å². The van der Waals surface area contributed by atoms with E-state index in [4.69, 9.17) is 11.6 Å². The average Bonchev–Trinajstić information content (AvgIpc) is 3.33. The number of aromatic nitrogens is 1. The van der Waals surface area contributed by atoms with Gasteiger partial charge in [-0.25, -0.2) is 9.37 Å². The van der Waals surface area contributed by atoms with Crippen LogP contribution in [0.4, 0.5) is 4.39 Å². The highest BCUT2D eigenvalue weighted by Crippen LogP contribution is 2.41. The largest absolute Gasteiger partial charge is 0.299 e. The van der Waals surface area contributed by atoms with Gasteiger partial charge in [0, 0.05) is 12.6 Å². The van der Waals surface area contributed by atoms with Crippen molar-refractivity contribution in [2.24, 2.45) is 0 Å². The first-order valence-electron chi connectivity index (χ1n) is 7.90. The van der Waals surface area contributed by atoms with Crippen LogP contribution in [-0.4, -0.2) is 16.6 Å². The minimum Gasteiger partial charge on any atom is -0.299 e. The van der Waals surface area contributed by atoms with Crippen LogP contribution in [0.2, 0.25) is 5.15 Å². The van der Waals surface area contributed by atoms with Crippen molar-refractivity contribution < 1.29 is 14.0 Å². The molecule has 1 heterocycles. The van der Waals surface area contributed by atoms with Crippen LogP contribution in [0.25, 0.3) is 0 Å². The van der Waals surface area contributed by atoms with E-state index < -0.39 is 11.6 Å². The summed E-state index contributed by atoms with van der Waals surface area (Å²) in [6.07, 6.45) is 3.33. The Bertz CT molecular complexity index is 792. The molecule has 3 rings (SSSR count). The van der Waals surface area contributed by atoms with Gasteiger partial charge in [0.05, 0.1) is 12.0 Å². The molecule has 0 amide bonds. The number of carbonyl (C=O) groups excluding carboxylic acids is 2. The number of aryl methyl sites for hydroxylation is 1. The van der Waals surface area contributed by atoms with Crippen molar-refractivity contribution in [3.63, 3.8) is 0 Å². The normalized spacial score (nSPS) is 13.8. The number of nitrogens with zero attached hydrogens (tertiary/aromatic N) is 1. The molecule has 124 valence electrons. The van der Waals surface area contributed by atoms with E-state index in [0.717, 1.165) is 18.4 Å². The number of halogens is 2. The summed E-state index contributed by atoms with van der Waals surface area (Å²) in [7, 11) is 0. The molecule has 0 bridgehead atoms. The molecule has 0 atom stereocenters. The minimum atomic E-state index is -0.533. The number of pyridine rings is 1. The van der Waals surface area contributed by atoms with E-state index >= 15 is 0 Å². The lowest BCUT2D eigenvalue weighted by atomic mass is 9.95. The first-order valence-corrected chi connectivity index (χ1v) is 8.28. The van der Waals surface area contributed by atoms with E-state index in [9.17, 15) is 14.0 Å². The Morgan fingerprint density at radius 1 is 1.33 bits per heavy atom. The van der Waals surface area contributed by atoms with Crippen molar-refractivity contribution in [2.75, 3.05) is 0 Å². The van der Waals surface area contributed by atoms with Crippen molar-refractivity contribution in [3.8, 4) is 0 Å². The predicted molar refractivity (Wildman–Crippen MR) is 90.0 cm³/mol. The molecule has 0 aliphatic heterocycles. The summed E-state index contributed by atoms with van der Waals surface area (Å²) in [5, 5.41) is 0.245. The van der Waals surface area contributed by atoms with Gasteiger partial charge in [-0.2, -0.15) is 0 Å². The first-order chi connectivity index (χ1) is 11.5. The second kappa shape index (κ2) is 6.81. The lowest BCUT2D eigenvalue weighted by Crippen LogP contribution is -2.14. The van der Waals surface area contributed by atoms with Crippen LogP contribution in [0.3, 0.4) is 0 Å². The Labute approximate surface area is 144 Å². The Morgan fingerprint density at radius 2 is 2.08 bits per heavy atom. The molecule has 1 saturated carbocycles. The summed E-state index contributed by atoms with van der Waals surface area (Å²) < 4.78 is 14.3. The Hall–Kier alpha value is -2.07. The van der Waals surface area contributed by atoms with Gasteiger partial charge in [0.15, 0.2) is 5.78 Å². The van der Waals surface area contributed by atoms with E-state index in [1.165, 1.54) is 12.3 Å². The number of benzene rings is 1. The smallest absolute Gasteiger partial charge is 0.173 e. The number of ketones is 2. The highest BCUT2D eigenvalue weighted by atomic mass is 35.5. The second-order valence-electron chi connectivity index (χ2n) is 6.24. The van der Waals surface area contributed by atoms with Crippen molar-refractivity contribution in [1.82, 2.24) is 4.98 Å². The van der Waals surface area contributed by atoms with E-state index in [2.05, 4.69) is 4.98 Å². The highest BCUT2D eigenvalue weighted by molar-refractivity contribution is 6.30. The molecular weight excluding hydrogens is 329 g/mol. The van der Waals surface area contributed by atoms with Crippen molar-refractivity contribution in [3.05, 3.63) is 63.7 Å². The van der Waals surface area contributed by atoms with Crippen molar-refractivity contribution >= 4 is 23.2 Å². The van der Waals surface area contributed by atoms with Crippen LogP contribution >= 0.6 is 11.6 Å². The number of carbonyl (C=O) groups is 2. The molecule has 0 N–H and O–H groups in total. The van der Waals surface area contributed by atoms with Gasteiger partial charge in [-0.05, 0) is 54.5 Å². The zero-order valence-corrected chi connectivity index (χ0v) is 14.1. The van der Waals surface area contributed by atoms with Crippen molar-refractivity contribution in [2.45, 2.75) is 38.5 Å². The zero-order valence-electron chi connectivity index (χ0n) is 13.3. The molecule has 0 saturated heterocycles. The maximum atomic E-state index is 14.3. The number of rotatable bonds is 6. The lowest BCUT2D eigenvalue weighted by molar-refractivity contribution is -0.117. The molecule has 1 aromatic heterocycles. The van der Waals surface area contributed by atoms with Gasteiger partial charge in [0.25, 0.3) is 0 Å². The molecule has 1 aliphatic rings. The Morgan fingerprint density at radius 3 is 2.71 bits per heavy atom. The monoisotopic (exact) mass is 345 g/mol. The molecule has 1 aromatic carbocycles. The van der Waals surface area contributed by atoms with E-state index in [1.54, 1.807) is 19.1 Å². The van der Waals surface area contributed by atoms with Gasteiger partial charge in [-0.1, -0.05) is 23.7 Å². The maximum absolute atomic E-state index is 14.3. The molecule has 2 aromatic rings. The topological polar surface area (TPSA) is 47.0 Å². The second-order valence-corrected chi connectivity index (χ2v) is 6.60. The van der Waals surface area contributed by atoms with Crippen LogP contribution < -0.4 is 0 Å². The SMILES string of the molecule is Cc1cc(C2CC2)cc(F)c1C(=O)CC(=O)Cc1cccnc1Cl. The third kappa shape index (κ3) is 3.70. The fraction of sp³-hybridized carbons (Fsp3) is 0.316. The summed E-state index contributed by atoms with van der Waals surface area (Å²) in [6, 6.07) is 6.65. The van der Waals surface area contributed by atoms with Crippen LogP contribution in [0.5, 0.6) is 0 Å². The summed E-state index contributed by atoms with van der Waals surface area (Å²) in [4.78, 5) is 28.4. The lowest BCUT2D eigenvalue weighted by Gasteiger charge is -2.09. The van der Waals surface area contributed by atoms with Crippen LogP contribution in [0, 0.1) is 12.7 Å². The molecule has 0 spiro atoms. The van der Waals surface area contributed by atoms with E-state index in [1.807, 2.05) is 6.07 Å². The molecule has 0 radical (unpaired) electrons. The summed E-state index contributed by atoms with van der Waals surface area (Å²) in [6.45, 7) is 1.71. The third-order valence-corrected chi connectivity index (χ3v) is 4.56. The highest BCUT2D eigenvalue weighted by Gasteiger charge is 2.26. The number of Topliss-reactive ketones (excluding diaryl/α,β-unsaturated/α-hetero) is 2. The molecule has 1 fully saturated rings. The van der Waals surface area contributed by atoms with E-state index in [0.29, 0.717) is 17.0 Å². The fourth-order valence-corrected chi connectivity index (χ4v) is 3.06. The first kappa shape index (κ1) is 16.8. The molecule has 3 nitrogen and oxygen atoms in total. The average molecular weight is 346 g/mol. The van der Waals surface area contributed by atoms with Gasteiger partial charge in [-0.15, -0.1) is 0 Å². The molecule has 5 heteroatoms. The minimum absolute atomic E-state index is 0.0131. The third-order valence-electron chi connectivity index (χ3n) is 4.22. The molecule has 24 heavy (non-hydrogen) atoms. The summed E-state index contributed by atoms with van der Waals surface area (Å²) in [5.74, 6) is -0.914. The number of hydrogen-bond donors (Lipinski definition) is 0. The van der Waals surface area contributed by atoms with Gasteiger partial charge in [0.2, 0.25) is 0 Å². The maximum Gasteiger partial charge on any atom is 0.173 e. The molecule has 0 unspecified atom stereocenters. The van der Waals surface area contributed by atoms with Crippen LogP contribution in [0.1, 0.15) is 52.2 Å². The fourth-order valence-electron chi connectivity index (χ4n) is 2.87. The molecular formula is C19H17ClFNO2. The zero-order chi connectivity index (χ0) is 17.3. The molecule has 1 aliphatic carbocycles. The quantitative estimate of drug-likeness (QED) is 0.441. The summed E-state index contributed by atoms with van der Waals surface area (Å²) >= 11 is 5.92. The standard InChI is InChI=1S/C19H17ClFNO2/c1-11-7-14(12-4-5-12)9-16(21)18(11)17(24)10-15(23)8-13-3-2-6-22-19(13)20/h2-3,6-7,9,12H,4-5,8,10H2,1H3. The van der Waals surface area contributed by atoms with Gasteiger partial charge >= 0.3 is 0 Å². The van der Waals surface area contributed by atoms with Crippen LogP contribution in [-0.2, 0) is 11.2 Å². The predicted octanol–water partition coefficient (Wildman–Crippen LogP) is 4.44. The Kier molecular flexibility index (Phi) is 4.76. The van der Waals surface area contributed by atoms with Gasteiger partial charge < -0.3 is 0 Å². The van der Waals surface area contributed by atoms with Gasteiger partial charge in [0.1, 0.15) is 16.8 Å². The van der Waals surface area contributed by atoms with Crippen LogP contribution in [0.15, 0.2) is 30.5 Å².